The summed E-state index contributed by atoms with van der Waals surface area (Å²) in [4.78, 5) is 11.7. The van der Waals surface area contributed by atoms with Crippen molar-refractivity contribution in [3.05, 3.63) is 46.1 Å². The number of aromatic nitrogens is 3. The Morgan fingerprint density at radius 3 is 2.75 bits per heavy atom. The van der Waals surface area contributed by atoms with Gasteiger partial charge in [-0.05, 0) is 19.1 Å². The molecular formula is C10H11ClN4O. The van der Waals surface area contributed by atoms with Gasteiger partial charge in [-0.1, -0.05) is 11.6 Å². The lowest BCUT2D eigenvalue weighted by Gasteiger charge is -2.09. The van der Waals surface area contributed by atoms with E-state index in [9.17, 15) is 4.79 Å². The van der Waals surface area contributed by atoms with E-state index in [-0.39, 0.29) is 10.6 Å². The van der Waals surface area contributed by atoms with Gasteiger partial charge in [0.2, 0.25) is 0 Å². The van der Waals surface area contributed by atoms with Gasteiger partial charge in [0, 0.05) is 18.9 Å². The summed E-state index contributed by atoms with van der Waals surface area (Å²) in [7, 11) is 0. The van der Waals surface area contributed by atoms with Crippen molar-refractivity contribution in [1.82, 2.24) is 14.5 Å². The molecule has 6 heteroatoms. The standard InChI is InChI=1S/C10H11ClN4O/c1-2-15-10(16)9(11)8(7-12-15)13-14-5-3-4-6-14/h3-7,13H,2H2,1H3. The molecule has 0 saturated carbocycles. The number of aryl methyl sites for hydroxylation is 1. The average molecular weight is 239 g/mol. The molecule has 0 radical (unpaired) electrons. The van der Waals surface area contributed by atoms with Gasteiger partial charge in [-0.3, -0.25) is 14.9 Å². The van der Waals surface area contributed by atoms with Crippen LogP contribution in [-0.4, -0.2) is 14.5 Å². The summed E-state index contributed by atoms with van der Waals surface area (Å²) in [5.74, 6) is 0. The number of nitrogens with one attached hydrogen (secondary N) is 1. The third kappa shape index (κ3) is 1.94. The second kappa shape index (κ2) is 4.40. The van der Waals surface area contributed by atoms with Crippen LogP contribution < -0.4 is 11.0 Å². The first-order valence-corrected chi connectivity index (χ1v) is 5.25. The molecule has 1 N–H and O–H groups in total. The van der Waals surface area contributed by atoms with Crippen LogP contribution in [0.1, 0.15) is 6.92 Å². The van der Waals surface area contributed by atoms with Crippen LogP contribution >= 0.6 is 11.6 Å². The Balaban J connectivity index is 2.36. The van der Waals surface area contributed by atoms with Gasteiger partial charge in [-0.15, -0.1) is 0 Å². The van der Waals surface area contributed by atoms with Gasteiger partial charge in [0.05, 0.1) is 11.9 Å². The second-order valence-corrected chi connectivity index (χ2v) is 3.57. The number of hydrogen-bond acceptors (Lipinski definition) is 3. The summed E-state index contributed by atoms with van der Waals surface area (Å²) in [5, 5.41) is 4.13. The lowest BCUT2D eigenvalue weighted by Crippen LogP contribution is -2.24. The molecule has 2 heterocycles. The largest absolute Gasteiger partial charge is 0.292 e. The highest BCUT2D eigenvalue weighted by Crippen LogP contribution is 2.15. The molecule has 84 valence electrons. The smallest absolute Gasteiger partial charge is 0.287 e. The van der Waals surface area contributed by atoms with Crippen LogP contribution in [0.25, 0.3) is 0 Å². The summed E-state index contributed by atoms with van der Waals surface area (Å²) in [6.07, 6.45) is 5.15. The average Bonchev–Trinajstić information content (AvgIpc) is 2.78. The summed E-state index contributed by atoms with van der Waals surface area (Å²) >= 11 is 5.94. The molecular weight excluding hydrogens is 228 g/mol. The minimum atomic E-state index is -0.290. The zero-order chi connectivity index (χ0) is 11.5. The Kier molecular flexibility index (Phi) is 2.96. The van der Waals surface area contributed by atoms with Crippen molar-refractivity contribution in [2.24, 2.45) is 0 Å². The Hall–Kier alpha value is -1.75. The number of hydrogen-bond donors (Lipinski definition) is 1. The molecule has 0 amide bonds. The van der Waals surface area contributed by atoms with Crippen LogP contribution in [0.15, 0.2) is 35.5 Å². The van der Waals surface area contributed by atoms with E-state index >= 15 is 0 Å². The molecule has 0 atom stereocenters. The lowest BCUT2D eigenvalue weighted by molar-refractivity contribution is 0.616. The summed E-state index contributed by atoms with van der Waals surface area (Å²) in [6.45, 7) is 2.34. The summed E-state index contributed by atoms with van der Waals surface area (Å²) in [5.41, 5.74) is 3.16. The molecule has 0 aliphatic heterocycles. The Morgan fingerprint density at radius 2 is 2.12 bits per heavy atom. The van der Waals surface area contributed by atoms with E-state index in [1.54, 1.807) is 4.68 Å². The number of anilines is 1. The molecule has 0 aliphatic carbocycles. The summed E-state index contributed by atoms with van der Waals surface area (Å²) in [6, 6.07) is 3.73. The van der Waals surface area contributed by atoms with E-state index in [1.165, 1.54) is 10.9 Å². The number of nitrogens with zero attached hydrogens (tertiary/aromatic N) is 3. The predicted octanol–water partition coefficient (Wildman–Crippen LogP) is 1.59. The number of rotatable bonds is 3. The molecule has 2 aromatic heterocycles. The highest BCUT2D eigenvalue weighted by Gasteiger charge is 2.07. The predicted molar refractivity (Wildman–Crippen MR) is 62.6 cm³/mol. The van der Waals surface area contributed by atoms with E-state index in [0.29, 0.717) is 12.2 Å². The molecule has 0 saturated heterocycles. The van der Waals surface area contributed by atoms with Crippen molar-refractivity contribution in [2.75, 3.05) is 5.43 Å². The fourth-order valence-electron chi connectivity index (χ4n) is 1.32. The molecule has 0 unspecified atom stereocenters. The maximum atomic E-state index is 11.7. The minimum Gasteiger partial charge on any atom is -0.292 e. The van der Waals surface area contributed by atoms with Gasteiger partial charge < -0.3 is 0 Å². The monoisotopic (exact) mass is 238 g/mol. The highest BCUT2D eigenvalue weighted by molar-refractivity contribution is 6.32. The minimum absolute atomic E-state index is 0.144. The Morgan fingerprint density at radius 1 is 1.44 bits per heavy atom. The van der Waals surface area contributed by atoms with Crippen LogP contribution in [0.4, 0.5) is 5.69 Å². The zero-order valence-electron chi connectivity index (χ0n) is 8.72. The first kappa shape index (κ1) is 10.8. The topological polar surface area (TPSA) is 51.9 Å². The van der Waals surface area contributed by atoms with Crippen LogP contribution in [0.3, 0.4) is 0 Å². The van der Waals surface area contributed by atoms with E-state index < -0.39 is 0 Å². The van der Waals surface area contributed by atoms with Gasteiger partial charge >= 0.3 is 0 Å². The molecule has 0 bridgehead atoms. The van der Waals surface area contributed by atoms with Crippen LogP contribution in [0.5, 0.6) is 0 Å². The van der Waals surface area contributed by atoms with Crippen LogP contribution in [-0.2, 0) is 6.54 Å². The van der Waals surface area contributed by atoms with Crippen molar-refractivity contribution in [3.8, 4) is 0 Å². The van der Waals surface area contributed by atoms with Crippen molar-refractivity contribution in [3.63, 3.8) is 0 Å². The van der Waals surface area contributed by atoms with E-state index in [4.69, 9.17) is 11.6 Å². The number of halogens is 1. The highest BCUT2D eigenvalue weighted by atomic mass is 35.5. The second-order valence-electron chi connectivity index (χ2n) is 3.20. The quantitative estimate of drug-likeness (QED) is 0.884. The SMILES string of the molecule is CCn1ncc(Nn2cccc2)c(Cl)c1=O. The maximum Gasteiger partial charge on any atom is 0.287 e. The molecule has 16 heavy (non-hydrogen) atoms. The third-order valence-corrected chi connectivity index (χ3v) is 2.50. The molecule has 0 aromatic carbocycles. The third-order valence-electron chi connectivity index (χ3n) is 2.14. The molecule has 5 nitrogen and oxygen atoms in total. The molecule has 2 rings (SSSR count). The van der Waals surface area contributed by atoms with Crippen molar-refractivity contribution in [2.45, 2.75) is 13.5 Å². The van der Waals surface area contributed by atoms with E-state index in [1.807, 2.05) is 31.5 Å². The van der Waals surface area contributed by atoms with Crippen LogP contribution in [0.2, 0.25) is 5.02 Å². The van der Waals surface area contributed by atoms with E-state index in [0.717, 1.165) is 0 Å². The molecule has 2 aromatic rings. The Labute approximate surface area is 97.2 Å². The van der Waals surface area contributed by atoms with Gasteiger partial charge in [0.25, 0.3) is 5.56 Å². The van der Waals surface area contributed by atoms with Gasteiger partial charge in [0.1, 0.15) is 5.02 Å². The first-order valence-electron chi connectivity index (χ1n) is 4.88. The Bertz CT molecular complexity index is 532. The summed E-state index contributed by atoms with van der Waals surface area (Å²) < 4.78 is 3.00. The fraction of sp³-hybridized carbons (Fsp3) is 0.200. The molecule has 0 spiro atoms. The molecule has 0 fully saturated rings. The van der Waals surface area contributed by atoms with Gasteiger partial charge in [-0.2, -0.15) is 5.10 Å². The zero-order valence-corrected chi connectivity index (χ0v) is 9.48. The normalized spacial score (nSPS) is 10.4. The molecule has 0 aliphatic rings. The van der Waals surface area contributed by atoms with Gasteiger partial charge in [0.15, 0.2) is 0 Å². The van der Waals surface area contributed by atoms with E-state index in [2.05, 4.69) is 10.5 Å². The van der Waals surface area contributed by atoms with Crippen molar-refractivity contribution in [1.29, 1.82) is 0 Å². The van der Waals surface area contributed by atoms with Gasteiger partial charge in [-0.25, -0.2) is 4.68 Å². The van der Waals surface area contributed by atoms with Crippen molar-refractivity contribution < 1.29 is 0 Å². The lowest BCUT2D eigenvalue weighted by atomic mass is 10.5. The maximum absolute atomic E-state index is 11.7. The first-order chi connectivity index (χ1) is 7.72. The van der Waals surface area contributed by atoms with Crippen molar-refractivity contribution >= 4 is 17.3 Å². The fourth-order valence-corrected chi connectivity index (χ4v) is 1.51. The van der Waals surface area contributed by atoms with Crippen LogP contribution in [0, 0.1) is 0 Å².